The fraction of sp³-hybridized carbons (Fsp3) is 0.914. The second kappa shape index (κ2) is 13.1. The predicted molar refractivity (Wildman–Crippen MR) is 158 cm³/mol. The standard InChI is InChI=1S/C35H60O3/c1-7-9-13-26(8-2)24-37-33(36)38-29-19-21-35(6)28(23-29)15-17-30-31-18-16-27(14-11-10-12-25(3)4)34(31,5)22-20-32(30)35/h15,25-27,29-32H,7-14,16-24H2,1-6H3/t26-,27+,29+,30+,31+,32+,34-,35+/m1/s1. The quantitative estimate of drug-likeness (QED) is 0.143. The Morgan fingerprint density at radius 2 is 1.82 bits per heavy atom. The van der Waals surface area contributed by atoms with Crippen molar-refractivity contribution in [2.45, 2.75) is 150 Å². The fourth-order valence-electron chi connectivity index (χ4n) is 9.51. The van der Waals surface area contributed by atoms with E-state index in [0.717, 1.165) is 61.7 Å². The molecular formula is C35H60O3. The third-order valence-electron chi connectivity index (χ3n) is 12.1. The Balaban J connectivity index is 1.31. The number of unbranched alkanes of at least 4 members (excludes halogenated alkanes) is 2. The molecule has 0 saturated heterocycles. The minimum atomic E-state index is -0.443. The molecule has 3 fully saturated rings. The molecule has 4 rings (SSSR count). The van der Waals surface area contributed by atoms with Gasteiger partial charge in [0.25, 0.3) is 0 Å². The smallest absolute Gasteiger partial charge is 0.434 e. The summed E-state index contributed by atoms with van der Waals surface area (Å²) in [6.45, 7) is 14.9. The molecule has 3 heteroatoms. The second-order valence-corrected chi connectivity index (χ2v) is 14.7. The van der Waals surface area contributed by atoms with Gasteiger partial charge in [-0.05, 0) is 104 Å². The van der Waals surface area contributed by atoms with Gasteiger partial charge in [-0.2, -0.15) is 0 Å². The van der Waals surface area contributed by atoms with Crippen LogP contribution in [0.5, 0.6) is 0 Å². The van der Waals surface area contributed by atoms with E-state index in [-0.39, 0.29) is 6.10 Å². The van der Waals surface area contributed by atoms with Gasteiger partial charge in [-0.15, -0.1) is 0 Å². The zero-order chi connectivity index (χ0) is 27.3. The number of allylic oxidation sites excluding steroid dienone is 1. The van der Waals surface area contributed by atoms with E-state index in [9.17, 15) is 4.79 Å². The van der Waals surface area contributed by atoms with Crippen molar-refractivity contribution in [3.8, 4) is 0 Å². The summed E-state index contributed by atoms with van der Waals surface area (Å²) in [5, 5.41) is 0. The summed E-state index contributed by atoms with van der Waals surface area (Å²) >= 11 is 0. The highest BCUT2D eigenvalue weighted by Gasteiger charge is 2.58. The molecule has 0 N–H and O–H groups in total. The topological polar surface area (TPSA) is 35.5 Å². The minimum absolute atomic E-state index is 0.00958. The molecule has 0 aromatic rings. The summed E-state index contributed by atoms with van der Waals surface area (Å²) in [6, 6.07) is 0. The molecule has 38 heavy (non-hydrogen) atoms. The molecule has 0 bridgehead atoms. The Labute approximate surface area is 235 Å². The van der Waals surface area contributed by atoms with Gasteiger partial charge < -0.3 is 9.47 Å². The summed E-state index contributed by atoms with van der Waals surface area (Å²) in [7, 11) is 0. The monoisotopic (exact) mass is 528 g/mol. The van der Waals surface area contributed by atoms with Crippen molar-refractivity contribution in [1.82, 2.24) is 0 Å². The molecule has 4 aliphatic rings. The molecule has 0 spiro atoms. The van der Waals surface area contributed by atoms with Crippen LogP contribution in [0.15, 0.2) is 11.6 Å². The lowest BCUT2D eigenvalue weighted by atomic mass is 9.47. The van der Waals surface area contributed by atoms with Gasteiger partial charge in [-0.3, -0.25) is 0 Å². The molecule has 0 aliphatic heterocycles. The first kappa shape index (κ1) is 30.0. The van der Waals surface area contributed by atoms with E-state index in [1.54, 1.807) is 5.57 Å². The highest BCUT2D eigenvalue weighted by atomic mass is 16.7. The van der Waals surface area contributed by atoms with Crippen molar-refractivity contribution in [1.29, 1.82) is 0 Å². The average Bonchev–Trinajstić information content (AvgIpc) is 3.23. The number of carbonyl (C=O) groups excluding carboxylic acids is 1. The molecule has 0 aromatic heterocycles. The van der Waals surface area contributed by atoms with Gasteiger partial charge in [0.05, 0.1) is 6.61 Å². The summed E-state index contributed by atoms with van der Waals surface area (Å²) in [4.78, 5) is 12.5. The van der Waals surface area contributed by atoms with Crippen LogP contribution >= 0.6 is 0 Å². The molecule has 8 atom stereocenters. The molecule has 0 heterocycles. The minimum Gasteiger partial charge on any atom is -0.434 e. The lowest BCUT2D eigenvalue weighted by Crippen LogP contribution is -2.50. The first-order chi connectivity index (χ1) is 18.2. The zero-order valence-electron chi connectivity index (χ0n) is 25.9. The molecule has 0 unspecified atom stereocenters. The van der Waals surface area contributed by atoms with E-state index < -0.39 is 6.16 Å². The van der Waals surface area contributed by atoms with E-state index in [1.165, 1.54) is 70.6 Å². The van der Waals surface area contributed by atoms with Crippen molar-refractivity contribution in [2.24, 2.45) is 46.3 Å². The highest BCUT2D eigenvalue weighted by molar-refractivity contribution is 5.60. The molecule has 0 aromatic carbocycles. The lowest BCUT2D eigenvalue weighted by molar-refractivity contribution is -0.0570. The van der Waals surface area contributed by atoms with Crippen molar-refractivity contribution >= 4 is 6.16 Å². The summed E-state index contributed by atoms with van der Waals surface area (Å²) in [5.74, 6) is 4.84. The van der Waals surface area contributed by atoms with Crippen LogP contribution in [0, 0.1) is 46.3 Å². The van der Waals surface area contributed by atoms with Crippen molar-refractivity contribution in [2.75, 3.05) is 6.61 Å². The summed E-state index contributed by atoms with van der Waals surface area (Å²) in [6.07, 6.45) is 22.5. The van der Waals surface area contributed by atoms with Crippen molar-refractivity contribution < 1.29 is 14.3 Å². The van der Waals surface area contributed by atoms with Crippen LogP contribution in [0.3, 0.4) is 0 Å². The van der Waals surface area contributed by atoms with E-state index in [4.69, 9.17) is 9.47 Å². The summed E-state index contributed by atoms with van der Waals surface area (Å²) < 4.78 is 11.5. The number of rotatable bonds is 12. The van der Waals surface area contributed by atoms with Gasteiger partial charge in [-0.25, -0.2) is 4.79 Å². The molecule has 218 valence electrons. The maximum Gasteiger partial charge on any atom is 0.508 e. The summed E-state index contributed by atoms with van der Waals surface area (Å²) in [5.41, 5.74) is 2.46. The normalized spacial score (nSPS) is 37.1. The Morgan fingerprint density at radius 3 is 2.55 bits per heavy atom. The third-order valence-corrected chi connectivity index (χ3v) is 12.1. The number of ether oxygens (including phenoxy) is 2. The lowest BCUT2D eigenvalue weighted by Gasteiger charge is -2.58. The Morgan fingerprint density at radius 1 is 1.00 bits per heavy atom. The van der Waals surface area contributed by atoms with Gasteiger partial charge in [0.2, 0.25) is 0 Å². The van der Waals surface area contributed by atoms with Gasteiger partial charge in [-0.1, -0.05) is 91.7 Å². The fourth-order valence-corrected chi connectivity index (χ4v) is 9.51. The van der Waals surface area contributed by atoms with Crippen LogP contribution in [0.25, 0.3) is 0 Å². The molecule has 3 saturated carbocycles. The first-order valence-electron chi connectivity index (χ1n) is 16.7. The van der Waals surface area contributed by atoms with Crippen LogP contribution in [0.1, 0.15) is 144 Å². The molecular weight excluding hydrogens is 468 g/mol. The number of hydrogen-bond acceptors (Lipinski definition) is 3. The zero-order valence-corrected chi connectivity index (χ0v) is 25.9. The maximum atomic E-state index is 12.5. The largest absolute Gasteiger partial charge is 0.508 e. The van der Waals surface area contributed by atoms with E-state index in [1.807, 2.05) is 0 Å². The highest BCUT2D eigenvalue weighted by Crippen LogP contribution is 2.66. The van der Waals surface area contributed by atoms with Crippen LogP contribution < -0.4 is 0 Å². The average molecular weight is 529 g/mol. The molecule has 0 amide bonds. The first-order valence-corrected chi connectivity index (χ1v) is 16.7. The molecule has 3 nitrogen and oxygen atoms in total. The van der Waals surface area contributed by atoms with Crippen molar-refractivity contribution in [3.63, 3.8) is 0 Å². The second-order valence-electron chi connectivity index (χ2n) is 14.7. The van der Waals surface area contributed by atoms with Gasteiger partial charge in [0.15, 0.2) is 0 Å². The van der Waals surface area contributed by atoms with Crippen LogP contribution in [-0.2, 0) is 9.47 Å². The number of hydrogen-bond donors (Lipinski definition) is 0. The van der Waals surface area contributed by atoms with Crippen LogP contribution in [0.2, 0.25) is 0 Å². The van der Waals surface area contributed by atoms with E-state index >= 15 is 0 Å². The Bertz CT molecular complexity index is 801. The Kier molecular flexibility index (Phi) is 10.3. The number of fused-ring (bicyclic) bond motifs is 5. The van der Waals surface area contributed by atoms with Gasteiger partial charge >= 0.3 is 6.16 Å². The third kappa shape index (κ3) is 6.49. The van der Waals surface area contributed by atoms with Crippen molar-refractivity contribution in [3.05, 3.63) is 11.6 Å². The number of carbonyl (C=O) groups is 1. The molecule has 0 radical (unpaired) electrons. The Hall–Kier alpha value is -0.990. The van der Waals surface area contributed by atoms with Crippen LogP contribution in [-0.4, -0.2) is 18.9 Å². The van der Waals surface area contributed by atoms with E-state index in [2.05, 4.69) is 47.6 Å². The SMILES string of the molecule is CCCC[C@@H](CC)COC(=O)O[C@H]1CC[C@@]2(C)C(=CC[C@H]3[C@@H]4CC[C@H](CCCCC(C)C)[C@@]4(C)CC[C@@H]32)C1. The maximum absolute atomic E-state index is 12.5. The van der Waals surface area contributed by atoms with Gasteiger partial charge in [0, 0.05) is 6.42 Å². The van der Waals surface area contributed by atoms with Crippen LogP contribution in [0.4, 0.5) is 4.79 Å². The molecule has 4 aliphatic carbocycles. The van der Waals surface area contributed by atoms with E-state index in [0.29, 0.717) is 23.4 Å². The predicted octanol–water partition coefficient (Wildman–Crippen LogP) is 10.5. The van der Waals surface area contributed by atoms with Gasteiger partial charge in [0.1, 0.15) is 6.10 Å².